The minimum absolute atomic E-state index is 0.0168. The van der Waals surface area contributed by atoms with Gasteiger partial charge in [-0.15, -0.1) is 0 Å². The largest absolute Gasteiger partial charge is 0.756 e. The Labute approximate surface area is 438 Å². The third-order valence-corrected chi connectivity index (χ3v) is 15.8. The fourth-order valence-electron chi connectivity index (χ4n) is 9.93. The van der Waals surface area contributed by atoms with E-state index in [1.54, 1.807) is 0 Å². The lowest BCUT2D eigenvalue weighted by Gasteiger charge is -2.30. The van der Waals surface area contributed by atoms with E-state index in [0.717, 1.165) is 38.5 Å². The van der Waals surface area contributed by atoms with E-state index in [4.69, 9.17) is 9.05 Å². The zero-order valence-corrected chi connectivity index (χ0v) is 48.9. The molecule has 1 amide bonds. The minimum Gasteiger partial charge on any atom is -0.756 e. The van der Waals surface area contributed by atoms with E-state index in [0.29, 0.717) is 23.9 Å². The Balaban J connectivity index is 4.04. The van der Waals surface area contributed by atoms with Crippen molar-refractivity contribution >= 4 is 13.7 Å². The molecule has 420 valence electrons. The Morgan fingerprint density at radius 1 is 0.443 bits per heavy atom. The molecule has 0 aromatic carbocycles. The summed E-state index contributed by atoms with van der Waals surface area (Å²) in [5.74, 6) is -0.155. The number of phosphoric acid groups is 1. The molecule has 0 spiro atoms. The number of unbranched alkanes of at least 4 members (excludes halogenated alkanes) is 46. The van der Waals surface area contributed by atoms with Gasteiger partial charge in [0, 0.05) is 6.42 Å². The minimum atomic E-state index is -4.57. The SMILES string of the molecule is CCCCCCCCCCCCCCCCCCCCCCCCCCCCCCC(=O)NC(COP(=O)([O-])OCC[N+](C)(C)C)C(O)CCCCCCCCCCCCCCCCCCCCCC. The number of likely N-dealkylation sites (N-methyl/N-ethyl adjacent to an activating group) is 1. The van der Waals surface area contributed by atoms with E-state index in [9.17, 15) is 19.4 Å². The number of nitrogens with zero attached hydrogens (tertiary/aromatic N) is 1. The second kappa shape index (κ2) is 53.3. The molecule has 0 fully saturated rings. The van der Waals surface area contributed by atoms with Crippen LogP contribution in [0.4, 0.5) is 0 Å². The van der Waals surface area contributed by atoms with E-state index >= 15 is 0 Å². The molecule has 8 nitrogen and oxygen atoms in total. The van der Waals surface area contributed by atoms with Crippen molar-refractivity contribution in [3.8, 4) is 0 Å². The molecule has 0 radical (unpaired) electrons. The first-order valence-electron chi connectivity index (χ1n) is 31.4. The van der Waals surface area contributed by atoms with Crippen molar-refractivity contribution in [2.24, 2.45) is 0 Å². The summed E-state index contributed by atoms with van der Waals surface area (Å²) in [5, 5.41) is 14.1. The fraction of sp³-hybridized carbons (Fsp3) is 0.984. The molecule has 0 saturated carbocycles. The number of phosphoric ester groups is 1. The van der Waals surface area contributed by atoms with Gasteiger partial charge in [0.15, 0.2) is 0 Å². The van der Waals surface area contributed by atoms with Crippen LogP contribution in [-0.2, 0) is 18.4 Å². The molecule has 0 aromatic rings. The number of nitrogens with one attached hydrogen (secondary N) is 1. The van der Waals surface area contributed by atoms with E-state index in [-0.39, 0.29) is 19.1 Å². The van der Waals surface area contributed by atoms with Gasteiger partial charge in [-0.05, 0) is 12.8 Å². The highest BCUT2D eigenvalue weighted by Crippen LogP contribution is 2.38. The molecule has 0 bridgehead atoms. The summed E-state index contributed by atoms with van der Waals surface area (Å²) in [5.41, 5.74) is 0. The normalized spacial score (nSPS) is 13.8. The molecule has 0 aliphatic carbocycles. The summed E-state index contributed by atoms with van der Waals surface area (Å²) in [6, 6.07) is -0.795. The summed E-state index contributed by atoms with van der Waals surface area (Å²) >= 11 is 0. The van der Waals surface area contributed by atoms with Crippen molar-refractivity contribution < 1.29 is 32.9 Å². The second-order valence-electron chi connectivity index (χ2n) is 23.1. The highest BCUT2D eigenvalue weighted by molar-refractivity contribution is 7.45. The van der Waals surface area contributed by atoms with Crippen LogP contribution in [0.2, 0.25) is 0 Å². The van der Waals surface area contributed by atoms with Gasteiger partial charge >= 0.3 is 0 Å². The number of rotatable bonds is 59. The quantitative estimate of drug-likeness (QED) is 0.0357. The molecule has 0 rings (SSSR count). The van der Waals surface area contributed by atoms with Crippen molar-refractivity contribution in [2.45, 2.75) is 347 Å². The van der Waals surface area contributed by atoms with E-state index in [2.05, 4.69) is 19.2 Å². The van der Waals surface area contributed by atoms with Gasteiger partial charge in [0.25, 0.3) is 7.82 Å². The molecule has 0 saturated heterocycles. The molecular formula is C61H125N2O6P. The summed E-state index contributed by atoms with van der Waals surface area (Å²) in [6.45, 7) is 4.79. The number of carbonyl (C=O) groups is 1. The monoisotopic (exact) mass is 1010 g/mol. The molecular weight excluding hydrogens is 888 g/mol. The van der Waals surface area contributed by atoms with Crippen LogP contribution in [0.1, 0.15) is 335 Å². The Bertz CT molecular complexity index is 1100. The number of hydrogen-bond acceptors (Lipinski definition) is 6. The maximum Gasteiger partial charge on any atom is 0.268 e. The number of aliphatic hydroxyl groups excluding tert-OH is 1. The highest BCUT2D eigenvalue weighted by atomic mass is 31.2. The van der Waals surface area contributed by atoms with Gasteiger partial charge < -0.3 is 28.8 Å². The number of quaternary nitrogens is 1. The highest BCUT2D eigenvalue weighted by Gasteiger charge is 2.24. The summed E-state index contributed by atoms with van der Waals surface area (Å²) in [6.07, 6.45) is 64.4. The Hall–Kier alpha value is -0.500. The number of carbonyl (C=O) groups excluding carboxylic acids is 1. The van der Waals surface area contributed by atoms with Crippen LogP contribution in [0, 0.1) is 0 Å². The van der Waals surface area contributed by atoms with Gasteiger partial charge in [-0.25, -0.2) is 0 Å². The van der Waals surface area contributed by atoms with Gasteiger partial charge in [-0.3, -0.25) is 9.36 Å². The lowest BCUT2D eigenvalue weighted by Crippen LogP contribution is -2.46. The molecule has 0 aliphatic heterocycles. The van der Waals surface area contributed by atoms with Crippen LogP contribution in [0.5, 0.6) is 0 Å². The number of hydrogen-bond donors (Lipinski definition) is 2. The molecule has 2 N–H and O–H groups in total. The lowest BCUT2D eigenvalue weighted by molar-refractivity contribution is -0.870. The van der Waals surface area contributed by atoms with Crippen LogP contribution < -0.4 is 10.2 Å². The summed E-state index contributed by atoms with van der Waals surface area (Å²) in [4.78, 5) is 25.6. The maximum atomic E-state index is 13.0. The maximum absolute atomic E-state index is 13.0. The van der Waals surface area contributed by atoms with E-state index < -0.39 is 20.0 Å². The van der Waals surface area contributed by atoms with Crippen LogP contribution >= 0.6 is 7.82 Å². The van der Waals surface area contributed by atoms with Crippen molar-refractivity contribution in [3.05, 3.63) is 0 Å². The summed E-state index contributed by atoms with van der Waals surface area (Å²) < 4.78 is 23.5. The molecule has 70 heavy (non-hydrogen) atoms. The topological polar surface area (TPSA) is 108 Å². The molecule has 0 heterocycles. The summed E-state index contributed by atoms with van der Waals surface area (Å²) in [7, 11) is 1.33. The van der Waals surface area contributed by atoms with Crippen LogP contribution in [-0.4, -0.2) is 68.5 Å². The van der Waals surface area contributed by atoms with Gasteiger partial charge in [0.2, 0.25) is 5.91 Å². The average Bonchev–Trinajstić information content (AvgIpc) is 3.32. The number of aliphatic hydroxyl groups is 1. The average molecular weight is 1010 g/mol. The van der Waals surface area contributed by atoms with Gasteiger partial charge in [0.1, 0.15) is 13.2 Å². The molecule has 0 aromatic heterocycles. The fourth-order valence-corrected chi connectivity index (χ4v) is 10.7. The van der Waals surface area contributed by atoms with Crippen LogP contribution in [0.15, 0.2) is 0 Å². The molecule has 3 atom stereocenters. The van der Waals surface area contributed by atoms with E-state index in [1.807, 2.05) is 21.1 Å². The first kappa shape index (κ1) is 69.5. The van der Waals surface area contributed by atoms with Gasteiger partial charge in [-0.2, -0.15) is 0 Å². The zero-order chi connectivity index (χ0) is 51.3. The van der Waals surface area contributed by atoms with Crippen LogP contribution in [0.3, 0.4) is 0 Å². The first-order valence-corrected chi connectivity index (χ1v) is 32.8. The predicted octanol–water partition coefficient (Wildman–Crippen LogP) is 18.6. The molecule has 3 unspecified atom stereocenters. The number of amides is 1. The molecule has 9 heteroatoms. The molecule has 0 aliphatic rings. The van der Waals surface area contributed by atoms with Crippen molar-refractivity contribution in [1.29, 1.82) is 0 Å². The van der Waals surface area contributed by atoms with Gasteiger partial charge in [-0.1, -0.05) is 316 Å². The zero-order valence-electron chi connectivity index (χ0n) is 48.0. The first-order chi connectivity index (χ1) is 34.0. The third-order valence-electron chi connectivity index (χ3n) is 14.8. The van der Waals surface area contributed by atoms with Crippen molar-refractivity contribution in [3.63, 3.8) is 0 Å². The Morgan fingerprint density at radius 2 is 0.700 bits per heavy atom. The van der Waals surface area contributed by atoms with Crippen LogP contribution in [0.25, 0.3) is 0 Å². The third kappa shape index (κ3) is 55.3. The standard InChI is InChI=1S/C61H125N2O6P/c1-6-8-10-12-14-16-18-20-22-24-26-28-29-30-31-32-33-34-35-37-39-41-43-45-47-49-51-53-55-61(65)62-59(58-69-70(66,67)68-57-56-63(3,4)5)60(64)54-52-50-48-46-44-42-40-38-36-27-25-23-21-19-17-15-13-11-9-7-2/h59-60,64H,6-58H2,1-5H3,(H-,62,65,66,67). The predicted molar refractivity (Wildman–Crippen MR) is 303 cm³/mol. The van der Waals surface area contributed by atoms with Gasteiger partial charge in [0.05, 0.1) is 39.9 Å². The Morgan fingerprint density at radius 3 is 0.971 bits per heavy atom. The Kier molecular flexibility index (Phi) is 52.9. The van der Waals surface area contributed by atoms with Crippen molar-refractivity contribution in [1.82, 2.24) is 5.32 Å². The smallest absolute Gasteiger partial charge is 0.268 e. The van der Waals surface area contributed by atoms with E-state index in [1.165, 1.54) is 270 Å². The second-order valence-corrected chi connectivity index (χ2v) is 24.5. The van der Waals surface area contributed by atoms with Crippen molar-refractivity contribution in [2.75, 3.05) is 40.9 Å². The lowest BCUT2D eigenvalue weighted by atomic mass is 10.0.